The van der Waals surface area contributed by atoms with Gasteiger partial charge in [0.25, 0.3) is 0 Å². The summed E-state index contributed by atoms with van der Waals surface area (Å²) in [7, 11) is 0. The van der Waals surface area contributed by atoms with Crippen LogP contribution in [0.2, 0.25) is 0 Å². The molecular weight excluding hydrogens is 385 g/mol. The number of carbonyl (C=O) groups excluding carboxylic acids is 1. The number of nitrogens with one attached hydrogen (secondary N) is 1. The lowest BCUT2D eigenvalue weighted by Gasteiger charge is -2.36. The van der Waals surface area contributed by atoms with Crippen LogP contribution < -0.4 is 5.32 Å². The van der Waals surface area contributed by atoms with Crippen molar-refractivity contribution in [3.8, 4) is 11.5 Å². The fraction of sp³-hybridized carbons (Fsp3) is 0.318. The fourth-order valence-corrected chi connectivity index (χ4v) is 3.54. The third-order valence-electron chi connectivity index (χ3n) is 5.25. The Morgan fingerprint density at radius 1 is 1.10 bits per heavy atom. The average molecular weight is 409 g/mol. The summed E-state index contributed by atoms with van der Waals surface area (Å²) in [6, 6.07) is 15.6. The van der Waals surface area contributed by atoms with Crippen LogP contribution in [0.3, 0.4) is 0 Å². The number of benzene rings is 2. The average Bonchev–Trinajstić information content (AvgIpc) is 3.25. The molecule has 1 aliphatic heterocycles. The molecule has 0 radical (unpaired) electrons. The van der Waals surface area contributed by atoms with Crippen molar-refractivity contribution in [2.75, 3.05) is 38.0 Å². The number of aromatic nitrogens is 2. The van der Waals surface area contributed by atoms with E-state index in [0.717, 1.165) is 31.7 Å². The Morgan fingerprint density at radius 3 is 2.60 bits per heavy atom. The minimum absolute atomic E-state index is 0.00164. The second kappa shape index (κ2) is 9.15. The van der Waals surface area contributed by atoms with Gasteiger partial charge in [-0.3, -0.25) is 14.6 Å². The summed E-state index contributed by atoms with van der Waals surface area (Å²) >= 11 is 0. The van der Waals surface area contributed by atoms with Crippen molar-refractivity contribution in [3.05, 3.63) is 66.3 Å². The molecule has 0 unspecified atom stereocenters. The molecule has 1 fully saturated rings. The molecule has 0 spiro atoms. The second-order valence-electron chi connectivity index (χ2n) is 7.36. The first-order valence-corrected chi connectivity index (χ1v) is 9.99. The number of hydrogen-bond acceptors (Lipinski definition) is 6. The highest BCUT2D eigenvalue weighted by atomic mass is 19.1. The highest BCUT2D eigenvalue weighted by Crippen LogP contribution is 2.24. The lowest BCUT2D eigenvalue weighted by molar-refractivity contribution is -0.117. The van der Waals surface area contributed by atoms with Crippen molar-refractivity contribution in [1.82, 2.24) is 20.0 Å². The van der Waals surface area contributed by atoms with Crippen molar-refractivity contribution < 1.29 is 13.6 Å². The van der Waals surface area contributed by atoms with Crippen molar-refractivity contribution in [2.24, 2.45) is 0 Å². The van der Waals surface area contributed by atoms with Crippen LogP contribution in [-0.4, -0.2) is 58.6 Å². The predicted octanol–water partition coefficient (Wildman–Crippen LogP) is 3.19. The smallest absolute Gasteiger partial charge is 0.247 e. The summed E-state index contributed by atoms with van der Waals surface area (Å²) in [5, 5.41) is 11.1. The largest absolute Gasteiger partial charge is 0.419 e. The van der Waals surface area contributed by atoms with Crippen LogP contribution in [-0.2, 0) is 4.79 Å². The molecule has 1 atom stereocenters. The van der Waals surface area contributed by atoms with E-state index in [9.17, 15) is 9.18 Å². The molecule has 2 heterocycles. The Morgan fingerprint density at radius 2 is 1.87 bits per heavy atom. The first-order chi connectivity index (χ1) is 14.6. The summed E-state index contributed by atoms with van der Waals surface area (Å²) in [5.41, 5.74) is 1.37. The molecule has 1 N–H and O–H groups in total. The number of amides is 1. The molecule has 2 aromatic carbocycles. The van der Waals surface area contributed by atoms with E-state index in [2.05, 4.69) is 32.2 Å². The molecule has 8 heteroatoms. The van der Waals surface area contributed by atoms with E-state index in [-0.39, 0.29) is 24.3 Å². The van der Waals surface area contributed by atoms with Gasteiger partial charge in [-0.15, -0.1) is 10.2 Å². The van der Waals surface area contributed by atoms with E-state index in [1.807, 2.05) is 30.3 Å². The van der Waals surface area contributed by atoms with Crippen LogP contribution in [0.15, 0.2) is 59.0 Å². The number of anilines is 1. The zero-order chi connectivity index (χ0) is 20.9. The number of carbonyl (C=O) groups is 1. The van der Waals surface area contributed by atoms with E-state index in [1.54, 1.807) is 12.1 Å². The number of piperazine rings is 1. The number of hydrogen-bond donors (Lipinski definition) is 1. The summed E-state index contributed by atoms with van der Waals surface area (Å²) in [6.07, 6.45) is 0. The predicted molar refractivity (Wildman–Crippen MR) is 111 cm³/mol. The molecule has 4 rings (SSSR count). The Hall–Kier alpha value is -3.10. The number of halogens is 1. The van der Waals surface area contributed by atoms with Gasteiger partial charge in [-0.25, -0.2) is 4.39 Å². The van der Waals surface area contributed by atoms with E-state index in [0.29, 0.717) is 17.5 Å². The van der Waals surface area contributed by atoms with Gasteiger partial charge in [-0.05, 0) is 37.3 Å². The van der Waals surface area contributed by atoms with Gasteiger partial charge in [0.2, 0.25) is 17.7 Å². The SMILES string of the molecule is C[C@@H](c1nnc(-c2ccccc2)o1)N1CCN(CC(=O)Nc2cccc(F)c2)CC1. The summed E-state index contributed by atoms with van der Waals surface area (Å²) in [6.45, 7) is 5.40. The highest BCUT2D eigenvalue weighted by molar-refractivity contribution is 5.92. The summed E-state index contributed by atoms with van der Waals surface area (Å²) in [4.78, 5) is 16.6. The first kappa shape index (κ1) is 20.2. The number of rotatable bonds is 6. The molecule has 156 valence electrons. The summed E-state index contributed by atoms with van der Waals surface area (Å²) in [5.74, 6) is 0.592. The van der Waals surface area contributed by atoms with Crippen LogP contribution in [0, 0.1) is 5.82 Å². The normalized spacial score (nSPS) is 16.3. The van der Waals surface area contributed by atoms with Gasteiger partial charge in [-0.1, -0.05) is 24.3 Å². The van der Waals surface area contributed by atoms with E-state index in [4.69, 9.17) is 4.42 Å². The van der Waals surface area contributed by atoms with Crippen LogP contribution >= 0.6 is 0 Å². The third-order valence-corrected chi connectivity index (χ3v) is 5.25. The lowest BCUT2D eigenvalue weighted by atomic mass is 10.2. The molecular formula is C22H24FN5O2. The van der Waals surface area contributed by atoms with Gasteiger partial charge < -0.3 is 9.73 Å². The van der Waals surface area contributed by atoms with Gasteiger partial charge in [-0.2, -0.15) is 0 Å². The van der Waals surface area contributed by atoms with E-state index in [1.165, 1.54) is 12.1 Å². The molecule has 7 nitrogen and oxygen atoms in total. The Bertz CT molecular complexity index is 986. The molecule has 3 aromatic rings. The fourth-order valence-electron chi connectivity index (χ4n) is 3.54. The molecule has 0 aliphatic carbocycles. The summed E-state index contributed by atoms with van der Waals surface area (Å²) < 4.78 is 19.1. The van der Waals surface area contributed by atoms with Crippen molar-refractivity contribution in [3.63, 3.8) is 0 Å². The Kier molecular flexibility index (Phi) is 6.15. The molecule has 1 amide bonds. The van der Waals surface area contributed by atoms with Gasteiger partial charge in [0, 0.05) is 37.4 Å². The molecule has 1 saturated heterocycles. The van der Waals surface area contributed by atoms with E-state index >= 15 is 0 Å². The lowest BCUT2D eigenvalue weighted by Crippen LogP contribution is -2.49. The maximum absolute atomic E-state index is 13.2. The minimum atomic E-state index is -0.369. The monoisotopic (exact) mass is 409 g/mol. The zero-order valence-corrected chi connectivity index (χ0v) is 16.8. The zero-order valence-electron chi connectivity index (χ0n) is 16.8. The van der Waals surface area contributed by atoms with Gasteiger partial charge in [0.05, 0.1) is 12.6 Å². The first-order valence-electron chi connectivity index (χ1n) is 9.99. The van der Waals surface area contributed by atoms with Gasteiger partial charge >= 0.3 is 0 Å². The standard InChI is InChI=1S/C22H24FN5O2/c1-16(21-25-26-22(30-21)17-6-3-2-4-7-17)28-12-10-27(11-13-28)15-20(29)24-19-9-5-8-18(23)14-19/h2-9,14,16H,10-13,15H2,1H3,(H,24,29)/t16-/m0/s1. The van der Waals surface area contributed by atoms with Crippen LogP contribution in [0.25, 0.3) is 11.5 Å². The van der Waals surface area contributed by atoms with Gasteiger partial charge in [0.1, 0.15) is 5.82 Å². The molecule has 1 aliphatic rings. The second-order valence-corrected chi connectivity index (χ2v) is 7.36. The highest BCUT2D eigenvalue weighted by Gasteiger charge is 2.26. The van der Waals surface area contributed by atoms with Crippen LogP contribution in [0.5, 0.6) is 0 Å². The Labute approximate surface area is 174 Å². The van der Waals surface area contributed by atoms with Crippen LogP contribution in [0.1, 0.15) is 18.9 Å². The van der Waals surface area contributed by atoms with Gasteiger partial charge in [0.15, 0.2) is 0 Å². The molecule has 1 aromatic heterocycles. The topological polar surface area (TPSA) is 74.5 Å². The third kappa shape index (κ3) is 4.90. The van der Waals surface area contributed by atoms with Crippen molar-refractivity contribution in [1.29, 1.82) is 0 Å². The molecule has 0 saturated carbocycles. The maximum atomic E-state index is 13.2. The molecule has 30 heavy (non-hydrogen) atoms. The number of nitrogens with zero attached hydrogens (tertiary/aromatic N) is 4. The van der Waals surface area contributed by atoms with Crippen molar-refractivity contribution in [2.45, 2.75) is 13.0 Å². The van der Waals surface area contributed by atoms with E-state index < -0.39 is 0 Å². The maximum Gasteiger partial charge on any atom is 0.247 e. The quantitative estimate of drug-likeness (QED) is 0.674. The molecule has 0 bridgehead atoms. The minimum Gasteiger partial charge on any atom is -0.419 e. The van der Waals surface area contributed by atoms with Crippen LogP contribution in [0.4, 0.5) is 10.1 Å². The Balaban J connectivity index is 1.28. The van der Waals surface area contributed by atoms with Crippen molar-refractivity contribution >= 4 is 11.6 Å².